The molecule has 1 aromatic carbocycles. The van der Waals surface area contributed by atoms with Gasteiger partial charge in [-0.15, -0.1) is 10.2 Å². The average molecular weight is 436 g/mol. The van der Waals surface area contributed by atoms with Crippen LogP contribution in [0, 0.1) is 13.8 Å². The highest BCUT2D eigenvalue weighted by atomic mass is 32.1. The van der Waals surface area contributed by atoms with Gasteiger partial charge in [0.1, 0.15) is 0 Å². The van der Waals surface area contributed by atoms with Gasteiger partial charge in [0.15, 0.2) is 0 Å². The molecule has 9 heteroatoms. The number of hydrogen-bond acceptors (Lipinski definition) is 6. The van der Waals surface area contributed by atoms with Crippen molar-refractivity contribution in [3.05, 3.63) is 76.1 Å². The van der Waals surface area contributed by atoms with E-state index in [-0.39, 0.29) is 24.7 Å². The van der Waals surface area contributed by atoms with Gasteiger partial charge in [-0.3, -0.25) is 20.4 Å². The molecule has 0 saturated carbocycles. The second-order valence-corrected chi connectivity index (χ2v) is 7.75. The number of carbonyl (C=O) groups is 2. The number of thiophene rings is 1. The van der Waals surface area contributed by atoms with E-state index < -0.39 is 0 Å². The summed E-state index contributed by atoms with van der Waals surface area (Å²) in [5.74, 6) is 0.0782. The SMILES string of the molecule is Cc1cc(C(=O)NNC(=O)CCc2nnc(-c3ccsc3)o2)c(C)n1-c1ccccc1. The maximum absolute atomic E-state index is 12.6. The van der Waals surface area contributed by atoms with Crippen LogP contribution >= 0.6 is 11.3 Å². The van der Waals surface area contributed by atoms with Crippen LogP contribution in [0.2, 0.25) is 0 Å². The monoisotopic (exact) mass is 435 g/mol. The molecule has 0 unspecified atom stereocenters. The maximum Gasteiger partial charge on any atom is 0.271 e. The van der Waals surface area contributed by atoms with E-state index >= 15 is 0 Å². The van der Waals surface area contributed by atoms with Crippen molar-refractivity contribution in [2.75, 3.05) is 0 Å². The quantitative estimate of drug-likeness (QED) is 0.451. The smallest absolute Gasteiger partial charge is 0.271 e. The van der Waals surface area contributed by atoms with E-state index in [0.717, 1.165) is 22.6 Å². The predicted molar refractivity (Wildman–Crippen MR) is 117 cm³/mol. The van der Waals surface area contributed by atoms with Gasteiger partial charge < -0.3 is 8.98 Å². The van der Waals surface area contributed by atoms with Crippen LogP contribution in [-0.4, -0.2) is 26.6 Å². The van der Waals surface area contributed by atoms with Crippen LogP contribution in [0.15, 0.2) is 57.6 Å². The fourth-order valence-electron chi connectivity index (χ4n) is 3.30. The van der Waals surface area contributed by atoms with Crippen LogP contribution in [0.1, 0.15) is 34.1 Å². The lowest BCUT2D eigenvalue weighted by Gasteiger charge is -2.10. The molecule has 3 heterocycles. The minimum Gasteiger partial charge on any atom is -0.421 e. The Balaban J connectivity index is 1.32. The standard InChI is InChI=1S/C22H21N5O3S/c1-14-12-18(15(2)27(14)17-6-4-3-5-7-17)21(29)25-23-19(28)8-9-20-24-26-22(30-20)16-10-11-31-13-16/h3-7,10-13H,8-9H2,1-2H3,(H,23,28)(H,25,29). The number of nitrogens with one attached hydrogen (secondary N) is 2. The Hall–Kier alpha value is -3.72. The Morgan fingerprint density at radius 2 is 1.90 bits per heavy atom. The first-order chi connectivity index (χ1) is 15.0. The molecular weight excluding hydrogens is 414 g/mol. The van der Waals surface area contributed by atoms with Crippen LogP contribution in [0.3, 0.4) is 0 Å². The maximum atomic E-state index is 12.6. The Kier molecular flexibility index (Phi) is 5.94. The van der Waals surface area contributed by atoms with Crippen LogP contribution in [-0.2, 0) is 11.2 Å². The number of hydrogen-bond donors (Lipinski definition) is 2. The first-order valence-electron chi connectivity index (χ1n) is 9.71. The number of aryl methyl sites for hydroxylation is 2. The Morgan fingerprint density at radius 1 is 1.10 bits per heavy atom. The highest BCUT2D eigenvalue weighted by Gasteiger charge is 2.17. The minimum absolute atomic E-state index is 0.106. The predicted octanol–water partition coefficient (Wildman–Crippen LogP) is 3.60. The molecule has 2 amide bonds. The van der Waals surface area contributed by atoms with Crippen molar-refractivity contribution in [1.29, 1.82) is 0 Å². The van der Waals surface area contributed by atoms with Crippen molar-refractivity contribution in [2.45, 2.75) is 26.7 Å². The minimum atomic E-state index is -0.374. The number of hydrazine groups is 1. The number of aromatic nitrogens is 3. The second-order valence-electron chi connectivity index (χ2n) is 6.97. The number of benzene rings is 1. The van der Waals surface area contributed by atoms with E-state index in [2.05, 4.69) is 21.0 Å². The number of para-hydroxylation sites is 1. The summed E-state index contributed by atoms with van der Waals surface area (Å²) in [6.07, 6.45) is 0.385. The molecular formula is C22H21N5O3S. The first kappa shape index (κ1) is 20.5. The third-order valence-electron chi connectivity index (χ3n) is 4.81. The highest BCUT2D eigenvalue weighted by Crippen LogP contribution is 2.21. The summed E-state index contributed by atoms with van der Waals surface area (Å²) in [6.45, 7) is 3.81. The fraction of sp³-hybridized carbons (Fsp3) is 0.182. The highest BCUT2D eigenvalue weighted by molar-refractivity contribution is 7.08. The normalized spacial score (nSPS) is 10.8. The third kappa shape index (κ3) is 4.56. The van der Waals surface area contributed by atoms with E-state index in [4.69, 9.17) is 4.42 Å². The lowest BCUT2D eigenvalue weighted by atomic mass is 10.2. The van der Waals surface area contributed by atoms with Gasteiger partial charge in [-0.05, 0) is 43.5 Å². The Bertz CT molecular complexity index is 1200. The topological polar surface area (TPSA) is 102 Å². The largest absolute Gasteiger partial charge is 0.421 e. The average Bonchev–Trinajstić information content (AvgIpc) is 3.51. The summed E-state index contributed by atoms with van der Waals surface area (Å²) in [4.78, 5) is 24.7. The molecule has 2 N–H and O–H groups in total. The molecule has 0 spiro atoms. The van der Waals surface area contributed by atoms with Gasteiger partial charge in [0.05, 0.1) is 5.56 Å². The van der Waals surface area contributed by atoms with Crippen molar-refractivity contribution < 1.29 is 14.0 Å². The molecule has 31 heavy (non-hydrogen) atoms. The molecule has 0 bridgehead atoms. The Labute approximate surface area is 182 Å². The van der Waals surface area contributed by atoms with E-state index in [1.54, 1.807) is 6.07 Å². The van der Waals surface area contributed by atoms with Gasteiger partial charge in [0.25, 0.3) is 5.91 Å². The molecule has 0 radical (unpaired) electrons. The number of amides is 2. The summed E-state index contributed by atoms with van der Waals surface area (Å²) in [5.41, 5.74) is 8.97. The summed E-state index contributed by atoms with van der Waals surface area (Å²) in [6, 6.07) is 13.5. The van der Waals surface area contributed by atoms with E-state index in [1.807, 2.05) is 65.6 Å². The molecule has 158 valence electrons. The number of nitrogens with zero attached hydrogens (tertiary/aromatic N) is 3. The van der Waals surface area contributed by atoms with E-state index in [9.17, 15) is 9.59 Å². The van der Waals surface area contributed by atoms with Crippen molar-refractivity contribution >= 4 is 23.2 Å². The van der Waals surface area contributed by atoms with Gasteiger partial charge in [-0.25, -0.2) is 0 Å². The van der Waals surface area contributed by atoms with Crippen LogP contribution < -0.4 is 10.9 Å². The van der Waals surface area contributed by atoms with Crippen LogP contribution in [0.25, 0.3) is 17.1 Å². The van der Waals surface area contributed by atoms with E-state index in [0.29, 0.717) is 17.3 Å². The van der Waals surface area contributed by atoms with Gasteiger partial charge in [-0.2, -0.15) is 11.3 Å². The second kappa shape index (κ2) is 8.97. The molecule has 8 nitrogen and oxygen atoms in total. The summed E-state index contributed by atoms with van der Waals surface area (Å²) in [5, 5.41) is 11.8. The lowest BCUT2D eigenvalue weighted by Crippen LogP contribution is -2.41. The molecule has 4 aromatic rings. The van der Waals surface area contributed by atoms with Crippen LogP contribution in [0.5, 0.6) is 0 Å². The summed E-state index contributed by atoms with van der Waals surface area (Å²) < 4.78 is 7.56. The third-order valence-corrected chi connectivity index (χ3v) is 5.49. The molecule has 0 fully saturated rings. The zero-order chi connectivity index (χ0) is 21.8. The molecule has 0 saturated heterocycles. The molecule has 4 rings (SSSR count). The molecule has 0 aliphatic rings. The van der Waals surface area contributed by atoms with Crippen molar-refractivity contribution in [3.63, 3.8) is 0 Å². The zero-order valence-corrected chi connectivity index (χ0v) is 17.9. The zero-order valence-electron chi connectivity index (χ0n) is 17.1. The molecule has 3 aromatic heterocycles. The van der Waals surface area contributed by atoms with Gasteiger partial charge >= 0.3 is 0 Å². The van der Waals surface area contributed by atoms with E-state index in [1.165, 1.54) is 11.3 Å². The number of rotatable bonds is 6. The Morgan fingerprint density at radius 3 is 2.65 bits per heavy atom. The fourth-order valence-corrected chi connectivity index (χ4v) is 3.93. The summed E-state index contributed by atoms with van der Waals surface area (Å²) >= 11 is 1.54. The van der Waals surface area contributed by atoms with Crippen LogP contribution in [0.4, 0.5) is 0 Å². The summed E-state index contributed by atoms with van der Waals surface area (Å²) in [7, 11) is 0. The number of carbonyl (C=O) groups excluding carboxylic acids is 2. The van der Waals surface area contributed by atoms with Gasteiger partial charge in [-0.1, -0.05) is 18.2 Å². The first-order valence-corrected chi connectivity index (χ1v) is 10.7. The van der Waals surface area contributed by atoms with Crippen molar-refractivity contribution in [2.24, 2.45) is 0 Å². The van der Waals surface area contributed by atoms with Gasteiger partial charge in [0, 0.05) is 40.9 Å². The van der Waals surface area contributed by atoms with Crippen molar-refractivity contribution in [3.8, 4) is 17.1 Å². The molecule has 0 aliphatic carbocycles. The lowest BCUT2D eigenvalue weighted by molar-refractivity contribution is -0.121. The van der Waals surface area contributed by atoms with Crippen molar-refractivity contribution in [1.82, 2.24) is 25.6 Å². The molecule has 0 aliphatic heterocycles. The van der Waals surface area contributed by atoms with Gasteiger partial charge in [0.2, 0.25) is 17.7 Å². The molecule has 0 atom stereocenters.